The van der Waals surface area contributed by atoms with Crippen LogP contribution in [0, 0.1) is 0 Å². The quantitative estimate of drug-likeness (QED) is 0.234. The average Bonchev–Trinajstić information content (AvgIpc) is 2.93. The van der Waals surface area contributed by atoms with Crippen molar-refractivity contribution in [2.45, 2.75) is 10.1 Å². The molecule has 1 unspecified atom stereocenters. The lowest BCUT2D eigenvalue weighted by molar-refractivity contribution is -0.115. The van der Waals surface area contributed by atoms with E-state index in [1.807, 2.05) is 42.5 Å². The highest BCUT2D eigenvalue weighted by Gasteiger charge is 2.23. The molecule has 0 aromatic heterocycles. The lowest BCUT2D eigenvalue weighted by Gasteiger charge is -2.18. The van der Waals surface area contributed by atoms with Crippen LogP contribution < -0.4 is 15.4 Å². The van der Waals surface area contributed by atoms with Gasteiger partial charge in [-0.15, -0.1) is 11.8 Å². The molecule has 0 saturated heterocycles. The summed E-state index contributed by atoms with van der Waals surface area (Å²) >= 11 is 1.37. The Morgan fingerprint density at radius 3 is 2.05 bits per heavy atom. The minimum atomic E-state index is -1.17. The van der Waals surface area contributed by atoms with Crippen LogP contribution in [-0.2, 0) is 4.79 Å². The topological polar surface area (TPSA) is 105 Å². The van der Waals surface area contributed by atoms with Gasteiger partial charge in [0.05, 0.1) is 23.9 Å². The third-order valence-corrected chi connectivity index (χ3v) is 6.74. The molecule has 186 valence electrons. The Morgan fingerprint density at radius 2 is 1.38 bits per heavy atom. The molecule has 0 saturated carbocycles. The first-order valence-corrected chi connectivity index (χ1v) is 12.2. The molecular weight excluding hydrogens is 488 g/mol. The highest BCUT2D eigenvalue weighted by atomic mass is 32.2. The van der Waals surface area contributed by atoms with Gasteiger partial charge < -0.3 is 20.5 Å². The molecule has 1 atom stereocenters. The number of thioether (sulfide) groups is 1. The van der Waals surface area contributed by atoms with E-state index in [2.05, 4.69) is 10.6 Å². The summed E-state index contributed by atoms with van der Waals surface area (Å²) in [5.41, 5.74) is 1.92. The van der Waals surface area contributed by atoms with Crippen LogP contribution in [0.15, 0.2) is 108 Å². The van der Waals surface area contributed by atoms with Gasteiger partial charge in [-0.05, 0) is 54.1 Å². The fraction of sp³-hybridized carbons (Fsp3) is 0.0690. The van der Waals surface area contributed by atoms with Crippen molar-refractivity contribution in [3.8, 4) is 5.75 Å². The van der Waals surface area contributed by atoms with Crippen molar-refractivity contribution in [2.75, 3.05) is 17.7 Å². The van der Waals surface area contributed by atoms with Gasteiger partial charge in [0.2, 0.25) is 5.91 Å². The highest BCUT2D eigenvalue weighted by molar-refractivity contribution is 8.00. The Labute approximate surface area is 218 Å². The Hall–Kier alpha value is -4.56. The van der Waals surface area contributed by atoms with E-state index in [1.165, 1.54) is 23.9 Å². The molecule has 0 spiro atoms. The SMILES string of the molecule is COc1ccccc1NC(=O)C(Sc1ccc(NC(=O)c2ccccc2C(=O)O)cc1)c1ccccc1. The van der Waals surface area contributed by atoms with Gasteiger partial charge in [-0.1, -0.05) is 54.6 Å². The second kappa shape index (κ2) is 11.9. The first kappa shape index (κ1) is 25.5. The van der Waals surface area contributed by atoms with Crippen LogP contribution in [0.3, 0.4) is 0 Å². The van der Waals surface area contributed by atoms with Crippen molar-refractivity contribution in [3.05, 3.63) is 120 Å². The largest absolute Gasteiger partial charge is 0.495 e. The van der Waals surface area contributed by atoms with Gasteiger partial charge in [0.25, 0.3) is 5.91 Å². The van der Waals surface area contributed by atoms with Crippen molar-refractivity contribution in [3.63, 3.8) is 0 Å². The average molecular weight is 513 g/mol. The van der Waals surface area contributed by atoms with Crippen LogP contribution in [0.5, 0.6) is 5.75 Å². The first-order valence-electron chi connectivity index (χ1n) is 11.4. The van der Waals surface area contributed by atoms with Crippen molar-refractivity contribution < 1.29 is 24.2 Å². The van der Waals surface area contributed by atoms with E-state index in [4.69, 9.17) is 4.74 Å². The fourth-order valence-electron chi connectivity index (χ4n) is 3.67. The molecule has 0 heterocycles. The predicted octanol–water partition coefficient (Wildman–Crippen LogP) is 6.12. The standard InChI is InChI=1S/C29H24N2O5S/c1-36-25-14-8-7-13-24(25)31-28(33)26(19-9-3-2-4-10-19)37-21-17-15-20(16-18-21)30-27(32)22-11-5-6-12-23(22)29(34)35/h2-18,26H,1H3,(H,30,32)(H,31,33)(H,34,35). The van der Waals surface area contributed by atoms with E-state index < -0.39 is 17.1 Å². The van der Waals surface area contributed by atoms with E-state index in [1.54, 1.807) is 55.6 Å². The number of rotatable bonds is 9. The third kappa shape index (κ3) is 6.36. The number of carbonyl (C=O) groups excluding carboxylic acids is 2. The Balaban J connectivity index is 1.51. The number of anilines is 2. The molecule has 7 nitrogen and oxygen atoms in total. The van der Waals surface area contributed by atoms with Gasteiger partial charge in [-0.2, -0.15) is 0 Å². The number of ether oxygens (including phenoxy) is 1. The van der Waals surface area contributed by atoms with Gasteiger partial charge >= 0.3 is 5.97 Å². The molecule has 0 fully saturated rings. The summed E-state index contributed by atoms with van der Waals surface area (Å²) in [5, 5.41) is 14.5. The van der Waals surface area contributed by atoms with Crippen LogP contribution in [0.25, 0.3) is 0 Å². The number of carboxylic acids is 1. The minimum Gasteiger partial charge on any atom is -0.495 e. The summed E-state index contributed by atoms with van der Waals surface area (Å²) in [7, 11) is 1.55. The highest BCUT2D eigenvalue weighted by Crippen LogP contribution is 2.37. The summed E-state index contributed by atoms with van der Waals surface area (Å²) in [4.78, 5) is 38.2. The van der Waals surface area contributed by atoms with Crippen LogP contribution in [0.2, 0.25) is 0 Å². The third-order valence-electron chi connectivity index (χ3n) is 5.47. The number of aromatic carboxylic acids is 1. The molecule has 8 heteroatoms. The molecule has 0 bridgehead atoms. The van der Waals surface area contributed by atoms with E-state index >= 15 is 0 Å². The molecule has 0 aliphatic heterocycles. The number of para-hydroxylation sites is 2. The van der Waals surface area contributed by atoms with E-state index in [0.717, 1.165) is 10.5 Å². The summed E-state index contributed by atoms with van der Waals surface area (Å²) < 4.78 is 5.36. The Kier molecular flexibility index (Phi) is 8.22. The summed E-state index contributed by atoms with van der Waals surface area (Å²) in [5.74, 6) is -1.33. The number of nitrogens with one attached hydrogen (secondary N) is 2. The number of benzene rings is 4. The molecule has 2 amide bonds. The number of carboxylic acid groups (broad SMARTS) is 1. The Morgan fingerprint density at radius 1 is 0.757 bits per heavy atom. The van der Waals surface area contributed by atoms with Crippen molar-refractivity contribution in [2.24, 2.45) is 0 Å². The normalized spacial score (nSPS) is 11.3. The lowest BCUT2D eigenvalue weighted by atomic mass is 10.1. The molecule has 37 heavy (non-hydrogen) atoms. The fourth-order valence-corrected chi connectivity index (χ4v) is 4.69. The smallest absolute Gasteiger partial charge is 0.336 e. The number of methoxy groups -OCH3 is 1. The number of amides is 2. The minimum absolute atomic E-state index is 0.0704. The van der Waals surface area contributed by atoms with Crippen LogP contribution >= 0.6 is 11.8 Å². The van der Waals surface area contributed by atoms with Gasteiger partial charge in [-0.25, -0.2) is 4.79 Å². The summed E-state index contributed by atoms with van der Waals surface area (Å²) in [6.45, 7) is 0. The van der Waals surface area contributed by atoms with Crippen molar-refractivity contribution in [1.29, 1.82) is 0 Å². The number of hydrogen-bond donors (Lipinski definition) is 3. The van der Waals surface area contributed by atoms with Crippen LogP contribution in [0.4, 0.5) is 11.4 Å². The predicted molar refractivity (Wildman–Crippen MR) is 144 cm³/mol. The van der Waals surface area contributed by atoms with E-state index in [0.29, 0.717) is 17.1 Å². The zero-order valence-corrected chi connectivity index (χ0v) is 20.7. The van der Waals surface area contributed by atoms with Gasteiger partial charge in [0, 0.05) is 10.6 Å². The monoisotopic (exact) mass is 512 g/mol. The molecule has 4 rings (SSSR count). The summed E-state index contributed by atoms with van der Waals surface area (Å²) in [6, 6.07) is 29.7. The van der Waals surface area contributed by atoms with Crippen LogP contribution in [0.1, 0.15) is 31.5 Å². The second-order valence-corrected chi connectivity index (χ2v) is 9.11. The van der Waals surface area contributed by atoms with Crippen molar-refractivity contribution >= 4 is 40.9 Å². The zero-order chi connectivity index (χ0) is 26.2. The maximum Gasteiger partial charge on any atom is 0.336 e. The molecular formula is C29H24N2O5S. The van der Waals surface area contributed by atoms with Gasteiger partial charge in [0.15, 0.2) is 0 Å². The molecule has 0 aliphatic carbocycles. The second-order valence-electron chi connectivity index (χ2n) is 7.93. The molecule has 3 N–H and O–H groups in total. The molecule has 4 aromatic carbocycles. The molecule has 0 aliphatic rings. The van der Waals surface area contributed by atoms with Gasteiger partial charge in [0.1, 0.15) is 11.0 Å². The van der Waals surface area contributed by atoms with E-state index in [9.17, 15) is 19.5 Å². The first-order chi connectivity index (χ1) is 18.0. The van der Waals surface area contributed by atoms with Crippen molar-refractivity contribution in [1.82, 2.24) is 0 Å². The molecule has 0 radical (unpaired) electrons. The summed E-state index contributed by atoms with van der Waals surface area (Å²) in [6.07, 6.45) is 0. The number of carbonyl (C=O) groups is 3. The maximum atomic E-state index is 13.3. The zero-order valence-electron chi connectivity index (χ0n) is 19.9. The van der Waals surface area contributed by atoms with E-state index in [-0.39, 0.29) is 17.0 Å². The molecule has 4 aromatic rings. The van der Waals surface area contributed by atoms with Crippen LogP contribution in [-0.4, -0.2) is 30.0 Å². The lowest BCUT2D eigenvalue weighted by Crippen LogP contribution is -2.19. The number of hydrogen-bond acceptors (Lipinski definition) is 5. The van der Waals surface area contributed by atoms with Gasteiger partial charge in [-0.3, -0.25) is 9.59 Å². The Bertz CT molecular complexity index is 1410. The maximum absolute atomic E-state index is 13.3.